The lowest BCUT2D eigenvalue weighted by molar-refractivity contribution is -0.184. The maximum Gasteiger partial charge on any atom is 0.356 e. The van der Waals surface area contributed by atoms with E-state index in [1.165, 1.54) is 57.8 Å². The van der Waals surface area contributed by atoms with Crippen LogP contribution in [0.15, 0.2) is 0 Å². The van der Waals surface area contributed by atoms with Crippen molar-refractivity contribution >= 4 is 29.7 Å². The number of carbonyl (C=O) groups excluding carboxylic acids is 3. The van der Waals surface area contributed by atoms with E-state index in [9.17, 15) is 39.3 Å². The Balaban J connectivity index is 4.24. The number of unbranched alkanes of at least 4 members (excludes halogenated alkanes) is 14. The van der Waals surface area contributed by atoms with Gasteiger partial charge in [0.05, 0.1) is 19.4 Å². The molecule has 0 aromatic carbocycles. The van der Waals surface area contributed by atoms with Gasteiger partial charge in [0.1, 0.15) is 0 Å². The molecule has 0 saturated carbocycles. The van der Waals surface area contributed by atoms with Gasteiger partial charge in [-0.2, -0.15) is 0 Å². The fraction of sp³-hybridized carbons (Fsp3) is 0.815. The summed E-state index contributed by atoms with van der Waals surface area (Å²) < 4.78 is 4.26. The summed E-state index contributed by atoms with van der Waals surface area (Å²) in [5.41, 5.74) is -6.09. The molecule has 0 aliphatic rings. The second-order valence-electron chi connectivity index (χ2n) is 9.99. The van der Waals surface area contributed by atoms with E-state index in [0.29, 0.717) is 12.8 Å². The Morgan fingerprint density at radius 1 is 0.658 bits per heavy atom. The van der Waals surface area contributed by atoms with E-state index in [4.69, 9.17) is 10.2 Å². The van der Waals surface area contributed by atoms with Crippen LogP contribution >= 0.6 is 0 Å². The minimum absolute atomic E-state index is 0.253. The van der Waals surface area contributed by atoms with Crippen molar-refractivity contribution < 1.29 is 54.2 Å². The maximum absolute atomic E-state index is 12.3. The molecular weight excluding hydrogens is 500 g/mol. The van der Waals surface area contributed by atoms with Crippen molar-refractivity contribution in [2.45, 2.75) is 134 Å². The molecule has 38 heavy (non-hydrogen) atoms. The minimum atomic E-state index is -3.06. The molecule has 0 fully saturated rings. The summed E-state index contributed by atoms with van der Waals surface area (Å²) in [6.45, 7) is 0.849. The van der Waals surface area contributed by atoms with Crippen molar-refractivity contribution in [2.24, 2.45) is 0 Å². The second-order valence-corrected chi connectivity index (χ2v) is 9.99. The van der Waals surface area contributed by atoms with Gasteiger partial charge in [0.15, 0.2) is 11.4 Å². The van der Waals surface area contributed by atoms with Crippen LogP contribution in [-0.4, -0.2) is 73.0 Å². The van der Waals surface area contributed by atoms with E-state index >= 15 is 0 Å². The van der Waals surface area contributed by atoms with E-state index in [-0.39, 0.29) is 6.42 Å². The molecule has 0 aromatic heterocycles. The quantitative estimate of drug-likeness (QED) is 0.0676. The first-order valence-electron chi connectivity index (χ1n) is 13.7. The highest BCUT2D eigenvalue weighted by molar-refractivity contribution is 6.09. The zero-order valence-corrected chi connectivity index (χ0v) is 22.6. The van der Waals surface area contributed by atoms with Crippen LogP contribution in [0.1, 0.15) is 122 Å². The molecule has 2 atom stereocenters. The van der Waals surface area contributed by atoms with Crippen LogP contribution in [0.4, 0.5) is 0 Å². The molecule has 0 aliphatic heterocycles. The summed E-state index contributed by atoms with van der Waals surface area (Å²) >= 11 is 0. The molecule has 0 rings (SSSR count). The van der Waals surface area contributed by atoms with Gasteiger partial charge in [0.25, 0.3) is 0 Å². The van der Waals surface area contributed by atoms with Gasteiger partial charge in [0.2, 0.25) is 5.60 Å². The number of carboxylic acid groups (broad SMARTS) is 2. The molecule has 5 N–H and O–H groups in total. The molecule has 220 valence electrons. The van der Waals surface area contributed by atoms with Crippen LogP contribution in [0, 0.1) is 0 Å². The lowest BCUT2D eigenvalue weighted by Crippen LogP contribution is -2.52. The van der Waals surface area contributed by atoms with Crippen LogP contribution < -0.4 is 0 Å². The molecule has 0 aliphatic carbocycles. The van der Waals surface area contributed by atoms with Crippen molar-refractivity contribution in [2.75, 3.05) is 6.61 Å². The lowest BCUT2D eigenvalue weighted by atomic mass is 9.94. The number of aliphatic hydroxyl groups is 3. The Bertz CT molecular complexity index is 751. The predicted octanol–water partition coefficient (Wildman–Crippen LogP) is 3.29. The number of aliphatic hydroxyl groups excluding tert-OH is 1. The highest BCUT2D eigenvalue weighted by Crippen LogP contribution is 2.20. The number of hydrogen-bond acceptors (Lipinski definition) is 9. The van der Waals surface area contributed by atoms with Gasteiger partial charge >= 0.3 is 23.9 Å². The molecule has 11 nitrogen and oxygen atoms in total. The summed E-state index contributed by atoms with van der Waals surface area (Å²) in [7, 11) is 0. The average molecular weight is 547 g/mol. The van der Waals surface area contributed by atoms with Gasteiger partial charge in [-0.25, -0.2) is 9.59 Å². The summed E-state index contributed by atoms with van der Waals surface area (Å²) in [6.07, 6.45) is 13.7. The zero-order chi connectivity index (χ0) is 29.0. The lowest BCUT2D eigenvalue weighted by Gasteiger charge is -2.23. The van der Waals surface area contributed by atoms with E-state index < -0.39 is 60.3 Å². The number of ketones is 1. The Labute approximate surface area is 224 Å². The van der Waals surface area contributed by atoms with Crippen molar-refractivity contribution in [3.8, 4) is 0 Å². The highest BCUT2D eigenvalue weighted by atomic mass is 16.6. The summed E-state index contributed by atoms with van der Waals surface area (Å²) in [5, 5.41) is 47.2. The first kappa shape index (κ1) is 35.6. The Kier molecular flexibility index (Phi) is 18.4. The number of aliphatic carboxylic acids is 2. The van der Waals surface area contributed by atoms with Crippen LogP contribution in [0.2, 0.25) is 0 Å². The monoisotopic (exact) mass is 546 g/mol. The van der Waals surface area contributed by atoms with Crippen LogP contribution in [-0.2, 0) is 28.7 Å². The predicted molar refractivity (Wildman–Crippen MR) is 137 cm³/mol. The molecule has 2 unspecified atom stereocenters. The Morgan fingerprint density at radius 3 is 1.45 bits per heavy atom. The third-order valence-electron chi connectivity index (χ3n) is 6.52. The average Bonchev–Trinajstić information content (AvgIpc) is 2.84. The number of carboxylic acids is 2. The van der Waals surface area contributed by atoms with Gasteiger partial charge in [-0.1, -0.05) is 96.8 Å². The largest absolute Gasteiger partial charge is 0.481 e. The van der Waals surface area contributed by atoms with Crippen molar-refractivity contribution in [3.63, 3.8) is 0 Å². The van der Waals surface area contributed by atoms with Crippen LogP contribution in [0.3, 0.4) is 0 Å². The van der Waals surface area contributed by atoms with Gasteiger partial charge in [-0.15, -0.1) is 0 Å². The van der Waals surface area contributed by atoms with Crippen molar-refractivity contribution in [1.29, 1.82) is 0 Å². The molecule has 0 saturated heterocycles. The molecular formula is C27H46O11. The van der Waals surface area contributed by atoms with E-state index in [0.717, 1.165) is 25.7 Å². The maximum atomic E-state index is 12.3. The number of carbonyl (C=O) groups is 5. The number of hydrogen-bond donors (Lipinski definition) is 5. The molecule has 11 heteroatoms. The molecule has 0 spiro atoms. The smallest absolute Gasteiger partial charge is 0.356 e. The van der Waals surface area contributed by atoms with Crippen molar-refractivity contribution in [3.05, 3.63) is 0 Å². The number of Topliss-reactive ketones (excluding diaryl/α,β-unsaturated/α-hetero) is 1. The van der Waals surface area contributed by atoms with Gasteiger partial charge in [0, 0.05) is 6.42 Å². The zero-order valence-electron chi connectivity index (χ0n) is 22.6. The molecule has 0 aromatic rings. The first-order valence-corrected chi connectivity index (χ1v) is 13.7. The van der Waals surface area contributed by atoms with E-state index in [1.807, 2.05) is 0 Å². The molecule has 0 bridgehead atoms. The fourth-order valence-electron chi connectivity index (χ4n) is 4.06. The standard InChI is InChI=1S/C27H46O11/c1-2-3-4-5-6-7-8-9-10-11-12-13-14-15-16-17-21(29)27(37,20-28)25(35)38-23(32)19-26(36,24(33)34)18-22(30)31/h28,36-37H,2-20H2,1H3,(H,30,31)(H,33,34). The fourth-order valence-corrected chi connectivity index (χ4v) is 4.06. The number of rotatable bonds is 24. The summed E-state index contributed by atoms with van der Waals surface area (Å²) in [6, 6.07) is 0. The van der Waals surface area contributed by atoms with Gasteiger partial charge in [-0.3, -0.25) is 14.4 Å². The van der Waals surface area contributed by atoms with Gasteiger partial charge in [-0.05, 0) is 6.42 Å². The number of ether oxygens (including phenoxy) is 1. The summed E-state index contributed by atoms with van der Waals surface area (Å²) in [5.74, 6) is -8.32. The third kappa shape index (κ3) is 14.5. The topological polar surface area (TPSA) is 196 Å². The van der Waals surface area contributed by atoms with Crippen molar-refractivity contribution in [1.82, 2.24) is 0 Å². The minimum Gasteiger partial charge on any atom is -0.481 e. The SMILES string of the molecule is CCCCCCCCCCCCCCCCCC(=O)C(O)(CO)C(=O)OC(=O)CC(O)(CC(=O)O)C(=O)O. The normalized spacial score (nSPS) is 14.3. The third-order valence-corrected chi connectivity index (χ3v) is 6.52. The Hall–Kier alpha value is -2.37. The van der Waals surface area contributed by atoms with Gasteiger partial charge < -0.3 is 30.3 Å². The highest BCUT2D eigenvalue weighted by Gasteiger charge is 2.47. The Morgan fingerprint density at radius 2 is 1.08 bits per heavy atom. The summed E-state index contributed by atoms with van der Waals surface area (Å²) in [4.78, 5) is 58.2. The van der Waals surface area contributed by atoms with Crippen LogP contribution in [0.25, 0.3) is 0 Å². The van der Waals surface area contributed by atoms with Crippen LogP contribution in [0.5, 0.6) is 0 Å². The molecule has 0 heterocycles. The van der Waals surface area contributed by atoms with E-state index in [1.54, 1.807) is 0 Å². The molecule has 0 radical (unpaired) electrons. The second kappa shape index (κ2) is 19.7. The molecule has 0 amide bonds. The first-order chi connectivity index (χ1) is 17.9. The number of esters is 2. The van der Waals surface area contributed by atoms with E-state index in [2.05, 4.69) is 11.7 Å².